The van der Waals surface area contributed by atoms with Crippen molar-refractivity contribution in [2.45, 2.75) is 71.8 Å². The number of anilines is 1. The molecule has 1 aromatic carbocycles. The Morgan fingerprint density at radius 3 is 2.31 bits per heavy atom. The average molecular weight is 622 g/mol. The SMILES string of the molecule is CC(C)(C)OC(=O)c1cc(OC(C)(C)C)c(NC(=O)[C@@H]2C[C@@H](C(C(=O)S)C(=O)OCc3ccc([N+](=O)[O-])cc3)CN2)s1. The van der Waals surface area contributed by atoms with E-state index in [0.717, 1.165) is 11.3 Å². The van der Waals surface area contributed by atoms with Crippen LogP contribution in [0.3, 0.4) is 0 Å². The predicted octanol–water partition coefficient (Wildman–Crippen LogP) is 4.52. The Kier molecular flexibility index (Phi) is 10.4. The van der Waals surface area contributed by atoms with Crippen LogP contribution in [0.4, 0.5) is 10.7 Å². The number of non-ortho nitro benzene ring substituents is 1. The fraction of sp³-hybridized carbons (Fsp3) is 0.500. The van der Waals surface area contributed by atoms with Crippen LogP contribution in [0.2, 0.25) is 0 Å². The molecule has 1 fully saturated rings. The van der Waals surface area contributed by atoms with Crippen LogP contribution in [0.15, 0.2) is 30.3 Å². The zero-order chi connectivity index (χ0) is 31.4. The maximum absolute atomic E-state index is 13.2. The van der Waals surface area contributed by atoms with Crippen molar-refractivity contribution in [3.8, 4) is 5.75 Å². The summed E-state index contributed by atoms with van der Waals surface area (Å²) in [6.07, 6.45) is 0.148. The van der Waals surface area contributed by atoms with Crippen molar-refractivity contribution in [1.82, 2.24) is 5.32 Å². The van der Waals surface area contributed by atoms with Gasteiger partial charge in [-0.15, -0.1) is 24.0 Å². The van der Waals surface area contributed by atoms with E-state index in [1.54, 1.807) is 20.8 Å². The number of amides is 1. The molecule has 12 nitrogen and oxygen atoms in total. The zero-order valence-corrected chi connectivity index (χ0v) is 25.9. The summed E-state index contributed by atoms with van der Waals surface area (Å²) in [7, 11) is 0. The smallest absolute Gasteiger partial charge is 0.349 e. The van der Waals surface area contributed by atoms with Crippen LogP contribution in [0.25, 0.3) is 0 Å². The van der Waals surface area contributed by atoms with Gasteiger partial charge in [0.1, 0.15) is 33.6 Å². The maximum atomic E-state index is 13.2. The molecule has 1 saturated heterocycles. The summed E-state index contributed by atoms with van der Waals surface area (Å²) in [5.41, 5.74) is -0.911. The van der Waals surface area contributed by atoms with Crippen molar-refractivity contribution in [1.29, 1.82) is 0 Å². The minimum absolute atomic E-state index is 0.101. The lowest BCUT2D eigenvalue weighted by atomic mass is 9.90. The van der Waals surface area contributed by atoms with Crippen LogP contribution in [0.1, 0.15) is 63.2 Å². The molecule has 0 saturated carbocycles. The Morgan fingerprint density at radius 1 is 1.12 bits per heavy atom. The van der Waals surface area contributed by atoms with E-state index >= 15 is 0 Å². The second kappa shape index (κ2) is 13.2. The molecule has 14 heteroatoms. The summed E-state index contributed by atoms with van der Waals surface area (Å²) in [5.74, 6) is -3.26. The number of rotatable bonds is 10. The first kappa shape index (κ1) is 33.0. The minimum atomic E-state index is -1.23. The van der Waals surface area contributed by atoms with Gasteiger partial charge in [0.25, 0.3) is 5.69 Å². The van der Waals surface area contributed by atoms with E-state index in [4.69, 9.17) is 14.2 Å². The molecule has 1 aromatic heterocycles. The van der Waals surface area contributed by atoms with Crippen LogP contribution < -0.4 is 15.4 Å². The summed E-state index contributed by atoms with van der Waals surface area (Å²) < 4.78 is 16.7. The van der Waals surface area contributed by atoms with Gasteiger partial charge in [0, 0.05) is 24.7 Å². The van der Waals surface area contributed by atoms with Gasteiger partial charge in [0.2, 0.25) is 5.91 Å². The normalized spacial score (nSPS) is 17.7. The maximum Gasteiger partial charge on any atom is 0.349 e. The summed E-state index contributed by atoms with van der Waals surface area (Å²) >= 11 is 4.91. The highest BCUT2D eigenvalue weighted by atomic mass is 32.1. The van der Waals surface area contributed by atoms with E-state index in [2.05, 4.69) is 23.3 Å². The lowest BCUT2D eigenvalue weighted by Gasteiger charge is -2.22. The number of benzene rings is 1. The molecule has 1 amide bonds. The van der Waals surface area contributed by atoms with Gasteiger partial charge in [-0.2, -0.15) is 0 Å². The molecule has 0 spiro atoms. The Balaban J connectivity index is 1.67. The summed E-state index contributed by atoms with van der Waals surface area (Å²) in [5, 5.41) is 16.3. The Morgan fingerprint density at radius 2 is 1.76 bits per heavy atom. The average Bonchev–Trinajstić information content (AvgIpc) is 3.48. The highest BCUT2D eigenvalue weighted by Crippen LogP contribution is 2.38. The third-order valence-corrected chi connectivity index (χ3v) is 7.24. The van der Waals surface area contributed by atoms with Gasteiger partial charge in [-0.05, 0) is 71.6 Å². The number of hydrogen-bond donors (Lipinski definition) is 3. The largest absolute Gasteiger partial charge is 0.485 e. The van der Waals surface area contributed by atoms with Gasteiger partial charge in [-0.3, -0.25) is 24.5 Å². The number of nitro groups is 1. The minimum Gasteiger partial charge on any atom is -0.485 e. The van der Waals surface area contributed by atoms with Crippen molar-refractivity contribution in [3.63, 3.8) is 0 Å². The Labute approximate surface area is 253 Å². The molecule has 1 aliphatic rings. The first-order chi connectivity index (χ1) is 19.4. The predicted molar refractivity (Wildman–Crippen MR) is 159 cm³/mol. The van der Waals surface area contributed by atoms with Gasteiger partial charge in [-0.1, -0.05) is 0 Å². The van der Waals surface area contributed by atoms with Crippen molar-refractivity contribution in [3.05, 3.63) is 50.9 Å². The van der Waals surface area contributed by atoms with Gasteiger partial charge in [-0.25, -0.2) is 4.79 Å². The number of carbonyl (C=O) groups is 4. The molecule has 228 valence electrons. The molecular weight excluding hydrogens is 586 g/mol. The van der Waals surface area contributed by atoms with Gasteiger partial charge < -0.3 is 24.8 Å². The number of ether oxygens (including phenoxy) is 3. The topological polar surface area (TPSA) is 163 Å². The van der Waals surface area contributed by atoms with E-state index in [9.17, 15) is 29.3 Å². The molecule has 0 radical (unpaired) electrons. The molecule has 3 rings (SSSR count). The van der Waals surface area contributed by atoms with Crippen molar-refractivity contribution < 1.29 is 38.3 Å². The fourth-order valence-electron chi connectivity index (χ4n) is 4.16. The molecule has 2 N–H and O–H groups in total. The van der Waals surface area contributed by atoms with E-state index in [0.29, 0.717) is 16.3 Å². The summed E-state index contributed by atoms with van der Waals surface area (Å²) in [6.45, 7) is 10.8. The summed E-state index contributed by atoms with van der Waals surface area (Å²) in [6, 6.07) is 6.27. The Hall–Kier alpha value is -3.49. The van der Waals surface area contributed by atoms with E-state index in [1.807, 2.05) is 20.8 Å². The molecular formula is C28H35N3O9S2. The van der Waals surface area contributed by atoms with Crippen LogP contribution >= 0.6 is 24.0 Å². The molecule has 1 aliphatic heterocycles. The number of thiol groups is 1. The quantitative estimate of drug-likeness (QED) is 0.113. The first-order valence-corrected chi connectivity index (χ1v) is 14.4. The third kappa shape index (κ3) is 9.26. The number of hydrogen-bond acceptors (Lipinski definition) is 11. The lowest BCUT2D eigenvalue weighted by molar-refractivity contribution is -0.384. The molecule has 2 heterocycles. The number of nitrogens with zero attached hydrogens (tertiary/aromatic N) is 1. The number of carbonyl (C=O) groups excluding carboxylic acids is 4. The molecule has 1 unspecified atom stereocenters. The number of thiophene rings is 1. The second-order valence-electron chi connectivity index (χ2n) is 11.8. The molecule has 42 heavy (non-hydrogen) atoms. The Bertz CT molecular complexity index is 1340. The molecule has 0 aliphatic carbocycles. The van der Waals surface area contributed by atoms with Crippen LogP contribution in [0.5, 0.6) is 5.75 Å². The van der Waals surface area contributed by atoms with Gasteiger partial charge in [0.15, 0.2) is 10.9 Å². The number of esters is 2. The number of nitro benzene ring substituents is 1. The first-order valence-electron chi connectivity index (χ1n) is 13.2. The van der Waals surface area contributed by atoms with E-state index in [-0.39, 0.29) is 30.1 Å². The van der Waals surface area contributed by atoms with Crippen LogP contribution in [-0.4, -0.2) is 51.7 Å². The highest BCUT2D eigenvalue weighted by Gasteiger charge is 2.41. The third-order valence-electron chi connectivity index (χ3n) is 5.95. The number of nitrogens with one attached hydrogen (secondary N) is 2. The van der Waals surface area contributed by atoms with Gasteiger partial charge >= 0.3 is 11.9 Å². The highest BCUT2D eigenvalue weighted by molar-refractivity contribution is 7.96. The van der Waals surface area contributed by atoms with Gasteiger partial charge in [0.05, 0.1) is 11.0 Å². The van der Waals surface area contributed by atoms with Crippen molar-refractivity contribution >= 4 is 57.6 Å². The fourth-order valence-corrected chi connectivity index (χ4v) is 5.34. The second-order valence-corrected chi connectivity index (χ2v) is 13.3. The van der Waals surface area contributed by atoms with Crippen molar-refractivity contribution in [2.24, 2.45) is 11.8 Å². The van der Waals surface area contributed by atoms with E-state index in [1.165, 1.54) is 30.3 Å². The standard InChI is InChI=1S/C28H35N3O9S2/c1-27(2,3)39-19-12-20(24(33)40-28(4,5)6)42-23(19)30-22(32)18-11-16(13-29-18)21(26(35)41)25(34)38-14-15-7-9-17(10-8-15)31(36)37/h7-10,12,16,18,21,29H,11,13-14H2,1-6H3,(H,30,32)(H,35,41)/t16-,18+,21?/m1/s1. The molecule has 2 aromatic rings. The van der Waals surface area contributed by atoms with Crippen LogP contribution in [-0.2, 0) is 30.5 Å². The lowest BCUT2D eigenvalue weighted by Crippen LogP contribution is -2.35. The van der Waals surface area contributed by atoms with Crippen molar-refractivity contribution in [2.75, 3.05) is 11.9 Å². The zero-order valence-electron chi connectivity index (χ0n) is 24.2. The van der Waals surface area contributed by atoms with Crippen LogP contribution in [0, 0.1) is 22.0 Å². The molecule has 0 bridgehead atoms. The monoisotopic (exact) mass is 621 g/mol. The summed E-state index contributed by atoms with van der Waals surface area (Å²) in [4.78, 5) is 61.6. The van der Waals surface area contributed by atoms with E-state index < -0.39 is 57.0 Å². The molecule has 3 atom stereocenters.